The lowest BCUT2D eigenvalue weighted by atomic mass is 9.85. The number of hydrogen-bond acceptors (Lipinski definition) is 4. The van der Waals surface area contributed by atoms with Crippen LogP contribution in [0.5, 0.6) is 0 Å². The highest BCUT2D eigenvalue weighted by Crippen LogP contribution is 2.32. The summed E-state index contributed by atoms with van der Waals surface area (Å²) in [5.41, 5.74) is 2.63. The second-order valence-electron chi connectivity index (χ2n) is 9.22. The van der Waals surface area contributed by atoms with E-state index in [2.05, 4.69) is 21.7 Å². The van der Waals surface area contributed by atoms with Crippen LogP contribution in [0.1, 0.15) is 37.7 Å². The molecule has 1 saturated heterocycles. The molecule has 2 heterocycles. The Balaban J connectivity index is 1.27. The van der Waals surface area contributed by atoms with Crippen LogP contribution in [0.15, 0.2) is 66.9 Å². The molecule has 2 N–H and O–H groups in total. The smallest absolute Gasteiger partial charge is 0.248 e. The van der Waals surface area contributed by atoms with E-state index in [4.69, 9.17) is 11.6 Å². The second kappa shape index (κ2) is 10.5. The minimum atomic E-state index is -0.542. The number of anilines is 1. The van der Waals surface area contributed by atoms with Crippen molar-refractivity contribution in [1.29, 1.82) is 0 Å². The van der Waals surface area contributed by atoms with Crippen molar-refractivity contribution in [1.82, 2.24) is 15.2 Å². The number of fused-ring (bicyclic) bond motifs is 1. The molecule has 1 saturated carbocycles. The minimum absolute atomic E-state index is 0.0111. The number of hydrogen-bond donors (Lipinski definition) is 2. The Hall–Kier alpha value is -3.38. The normalized spacial score (nSPS) is 20.7. The standard InChI is InChI=1S/C28H29ClN4O2/c29-20-12-13-22-23(15-16-30-24(22)17-20)31-18-26(34)32-27-25(14-11-19-7-3-1-4-8-19)33(28(27)35)21-9-5-2-6-10-21/h1,3-4,7-8,11-17,21,25,27H,2,5-6,9-10,18H2,(H,30,31)(H,32,34)/b14-11+/t25-,27+/m0/s1. The highest BCUT2D eigenvalue weighted by atomic mass is 35.5. The molecule has 5 rings (SSSR count). The Morgan fingerprint density at radius 1 is 1.09 bits per heavy atom. The van der Waals surface area contributed by atoms with Crippen LogP contribution < -0.4 is 10.6 Å². The van der Waals surface area contributed by atoms with Crippen LogP contribution in [-0.4, -0.2) is 46.4 Å². The summed E-state index contributed by atoms with van der Waals surface area (Å²) in [6.07, 6.45) is 11.4. The van der Waals surface area contributed by atoms with Crippen molar-refractivity contribution in [2.45, 2.75) is 50.2 Å². The third kappa shape index (κ3) is 5.17. The molecule has 35 heavy (non-hydrogen) atoms. The van der Waals surface area contributed by atoms with Gasteiger partial charge in [-0.15, -0.1) is 0 Å². The molecule has 1 aliphatic carbocycles. The fourth-order valence-electron chi connectivity index (χ4n) is 5.11. The Morgan fingerprint density at radius 3 is 2.69 bits per heavy atom. The van der Waals surface area contributed by atoms with E-state index >= 15 is 0 Å². The molecule has 180 valence electrons. The third-order valence-corrected chi connectivity index (χ3v) is 7.13. The summed E-state index contributed by atoms with van der Waals surface area (Å²) in [5.74, 6) is -0.208. The molecule has 0 radical (unpaired) electrons. The number of β-lactam (4-membered cyclic amide) rings is 1. The zero-order valence-corrected chi connectivity index (χ0v) is 20.2. The van der Waals surface area contributed by atoms with Crippen molar-refractivity contribution in [3.8, 4) is 0 Å². The average Bonchev–Trinajstić information content (AvgIpc) is 2.89. The first-order valence-electron chi connectivity index (χ1n) is 12.2. The lowest BCUT2D eigenvalue weighted by molar-refractivity contribution is -0.155. The predicted molar refractivity (Wildman–Crippen MR) is 140 cm³/mol. The van der Waals surface area contributed by atoms with E-state index in [0.29, 0.717) is 5.02 Å². The molecule has 2 fully saturated rings. The Labute approximate surface area is 210 Å². The molecular weight excluding hydrogens is 460 g/mol. The molecule has 0 bridgehead atoms. The van der Waals surface area contributed by atoms with Gasteiger partial charge in [-0.25, -0.2) is 0 Å². The number of nitrogens with zero attached hydrogens (tertiary/aromatic N) is 2. The number of carbonyl (C=O) groups is 2. The van der Waals surface area contributed by atoms with Gasteiger partial charge in [-0.05, 0) is 42.7 Å². The van der Waals surface area contributed by atoms with Gasteiger partial charge in [-0.2, -0.15) is 0 Å². The molecule has 1 aromatic heterocycles. The van der Waals surface area contributed by atoms with Gasteiger partial charge in [-0.1, -0.05) is 73.3 Å². The number of amides is 2. The van der Waals surface area contributed by atoms with Gasteiger partial charge >= 0.3 is 0 Å². The molecule has 2 atom stereocenters. The summed E-state index contributed by atoms with van der Waals surface area (Å²) >= 11 is 6.07. The molecule has 0 unspecified atom stereocenters. The lowest BCUT2D eigenvalue weighted by Gasteiger charge is -2.51. The van der Waals surface area contributed by atoms with Gasteiger partial charge in [-0.3, -0.25) is 14.6 Å². The monoisotopic (exact) mass is 488 g/mol. The van der Waals surface area contributed by atoms with E-state index in [1.54, 1.807) is 18.3 Å². The molecule has 7 heteroatoms. The summed E-state index contributed by atoms with van der Waals surface area (Å²) in [6.45, 7) is 0.0596. The molecular formula is C28H29ClN4O2. The highest BCUT2D eigenvalue weighted by molar-refractivity contribution is 6.31. The zero-order valence-electron chi connectivity index (χ0n) is 19.5. The van der Waals surface area contributed by atoms with Crippen molar-refractivity contribution >= 4 is 46.1 Å². The van der Waals surface area contributed by atoms with Gasteiger partial charge in [0, 0.05) is 28.3 Å². The van der Waals surface area contributed by atoms with Gasteiger partial charge in [0.25, 0.3) is 0 Å². The van der Waals surface area contributed by atoms with Crippen LogP contribution in [0.4, 0.5) is 5.69 Å². The molecule has 2 aliphatic rings. The fraction of sp³-hybridized carbons (Fsp3) is 0.321. The number of benzene rings is 2. The summed E-state index contributed by atoms with van der Waals surface area (Å²) in [4.78, 5) is 32.3. The highest BCUT2D eigenvalue weighted by Gasteiger charge is 2.49. The van der Waals surface area contributed by atoms with Crippen LogP contribution >= 0.6 is 11.6 Å². The van der Waals surface area contributed by atoms with Gasteiger partial charge in [0.2, 0.25) is 11.8 Å². The number of aromatic nitrogens is 1. The van der Waals surface area contributed by atoms with Crippen LogP contribution in [0.3, 0.4) is 0 Å². The Kier molecular flexibility index (Phi) is 7.00. The van der Waals surface area contributed by atoms with Crippen LogP contribution in [-0.2, 0) is 9.59 Å². The lowest BCUT2D eigenvalue weighted by Crippen LogP contribution is -2.72. The molecule has 2 aromatic carbocycles. The van der Waals surface area contributed by atoms with Crippen molar-refractivity contribution in [3.63, 3.8) is 0 Å². The van der Waals surface area contributed by atoms with Crippen molar-refractivity contribution in [3.05, 3.63) is 77.5 Å². The first-order valence-corrected chi connectivity index (χ1v) is 12.6. The molecule has 0 spiro atoms. The van der Waals surface area contributed by atoms with E-state index in [-0.39, 0.29) is 30.4 Å². The maximum atomic E-state index is 13.1. The largest absolute Gasteiger partial charge is 0.376 e. The fourth-order valence-corrected chi connectivity index (χ4v) is 5.28. The second-order valence-corrected chi connectivity index (χ2v) is 9.65. The maximum Gasteiger partial charge on any atom is 0.248 e. The first kappa shape index (κ1) is 23.4. The minimum Gasteiger partial charge on any atom is -0.376 e. The Bertz CT molecular complexity index is 1240. The van der Waals surface area contributed by atoms with Crippen LogP contribution in [0.2, 0.25) is 5.02 Å². The first-order chi connectivity index (χ1) is 17.1. The van der Waals surface area contributed by atoms with Crippen molar-refractivity contribution in [2.24, 2.45) is 0 Å². The van der Waals surface area contributed by atoms with E-state index in [9.17, 15) is 9.59 Å². The molecule has 2 amide bonds. The number of likely N-dealkylation sites (tertiary alicyclic amines) is 1. The van der Waals surface area contributed by atoms with E-state index in [1.807, 2.05) is 53.4 Å². The van der Waals surface area contributed by atoms with Crippen LogP contribution in [0, 0.1) is 0 Å². The number of halogens is 1. The topological polar surface area (TPSA) is 74.3 Å². The quantitative estimate of drug-likeness (QED) is 0.457. The van der Waals surface area contributed by atoms with Crippen LogP contribution in [0.25, 0.3) is 17.0 Å². The van der Waals surface area contributed by atoms with Crippen molar-refractivity contribution < 1.29 is 9.59 Å². The Morgan fingerprint density at radius 2 is 1.89 bits per heavy atom. The SMILES string of the molecule is O=C(CNc1ccnc2cc(Cl)ccc12)N[C@H]1C(=O)N(C2CCCCC2)[C@H]1/C=C/c1ccccc1. The summed E-state index contributed by atoms with van der Waals surface area (Å²) in [5, 5.41) is 7.65. The third-order valence-electron chi connectivity index (χ3n) is 6.90. The molecule has 6 nitrogen and oxygen atoms in total. The van der Waals surface area contributed by atoms with E-state index in [1.165, 1.54) is 6.42 Å². The summed E-state index contributed by atoms with van der Waals surface area (Å²) in [7, 11) is 0. The van der Waals surface area contributed by atoms with Gasteiger partial charge in [0.15, 0.2) is 0 Å². The number of nitrogens with one attached hydrogen (secondary N) is 2. The van der Waals surface area contributed by atoms with E-state index in [0.717, 1.165) is 47.8 Å². The average molecular weight is 489 g/mol. The van der Waals surface area contributed by atoms with Crippen molar-refractivity contribution in [2.75, 3.05) is 11.9 Å². The van der Waals surface area contributed by atoms with Gasteiger partial charge in [0.1, 0.15) is 6.04 Å². The molecule has 3 aromatic rings. The summed E-state index contributed by atoms with van der Waals surface area (Å²) in [6, 6.07) is 16.9. The van der Waals surface area contributed by atoms with Gasteiger partial charge in [0.05, 0.1) is 18.1 Å². The number of carbonyl (C=O) groups excluding carboxylic acids is 2. The molecule has 1 aliphatic heterocycles. The summed E-state index contributed by atoms with van der Waals surface area (Å²) < 4.78 is 0. The van der Waals surface area contributed by atoms with E-state index < -0.39 is 6.04 Å². The predicted octanol–water partition coefficient (Wildman–Crippen LogP) is 5.04. The maximum absolute atomic E-state index is 13.1. The number of pyridine rings is 1. The number of rotatable bonds is 7. The zero-order chi connectivity index (χ0) is 24.2. The van der Waals surface area contributed by atoms with Gasteiger partial charge < -0.3 is 15.5 Å².